The van der Waals surface area contributed by atoms with Crippen molar-refractivity contribution in [1.82, 2.24) is 10.3 Å². The Morgan fingerprint density at radius 2 is 2.21 bits per heavy atom. The number of fused-ring (bicyclic) bond motifs is 1. The Morgan fingerprint density at radius 3 is 2.97 bits per heavy atom. The molecule has 0 unspecified atom stereocenters. The highest BCUT2D eigenvalue weighted by Gasteiger charge is 2.27. The number of aliphatic hydroxyl groups excluding tert-OH is 1. The summed E-state index contributed by atoms with van der Waals surface area (Å²) in [6.07, 6.45) is 2.07. The lowest BCUT2D eigenvalue weighted by Gasteiger charge is -2.24. The van der Waals surface area contributed by atoms with E-state index in [4.69, 9.17) is 30.9 Å². The van der Waals surface area contributed by atoms with Gasteiger partial charge in [-0.15, -0.1) is 0 Å². The molecule has 1 aromatic heterocycles. The predicted molar refractivity (Wildman–Crippen MR) is 106 cm³/mol. The first kappa shape index (κ1) is 21.2. The Morgan fingerprint density at radius 1 is 1.38 bits per heavy atom. The van der Waals surface area contributed by atoms with Gasteiger partial charge < -0.3 is 29.7 Å². The maximum atomic E-state index is 11.0. The molecule has 3 N–H and O–H groups in total. The summed E-state index contributed by atoms with van der Waals surface area (Å²) in [6, 6.07) is 7.16. The van der Waals surface area contributed by atoms with E-state index in [1.807, 2.05) is 19.1 Å². The molecule has 0 saturated heterocycles. The van der Waals surface area contributed by atoms with Gasteiger partial charge in [-0.05, 0) is 31.0 Å². The molecule has 1 aliphatic rings. The SMILES string of the molecule is C[C@H](Cc1ccc2c(c1)OC[C@H](C(=O)O)O2)NC[C@H](O)COc1cncc(Cl)c1. The van der Waals surface area contributed by atoms with E-state index >= 15 is 0 Å². The van der Waals surface area contributed by atoms with Crippen molar-refractivity contribution in [2.24, 2.45) is 0 Å². The topological polar surface area (TPSA) is 110 Å². The van der Waals surface area contributed by atoms with E-state index in [1.165, 1.54) is 12.4 Å². The number of ether oxygens (including phenoxy) is 3. The Labute approximate surface area is 173 Å². The molecular weight excluding hydrogens is 400 g/mol. The number of nitrogens with one attached hydrogen (secondary N) is 1. The summed E-state index contributed by atoms with van der Waals surface area (Å²) in [5.74, 6) is 0.421. The lowest BCUT2D eigenvalue weighted by atomic mass is 10.1. The maximum absolute atomic E-state index is 11.0. The largest absolute Gasteiger partial charge is 0.489 e. The summed E-state index contributed by atoms with van der Waals surface area (Å²) < 4.78 is 16.4. The zero-order valence-electron chi connectivity index (χ0n) is 15.9. The average Bonchev–Trinajstić information content (AvgIpc) is 2.70. The van der Waals surface area contributed by atoms with Crippen molar-refractivity contribution in [2.45, 2.75) is 31.6 Å². The molecule has 0 spiro atoms. The normalized spacial score (nSPS) is 17.4. The van der Waals surface area contributed by atoms with Gasteiger partial charge in [-0.1, -0.05) is 17.7 Å². The van der Waals surface area contributed by atoms with Crippen LogP contribution in [0.5, 0.6) is 17.2 Å². The van der Waals surface area contributed by atoms with Crippen molar-refractivity contribution in [1.29, 1.82) is 0 Å². The number of hydrogen-bond donors (Lipinski definition) is 3. The first-order valence-corrected chi connectivity index (χ1v) is 9.58. The molecule has 0 bridgehead atoms. The smallest absolute Gasteiger partial charge is 0.348 e. The van der Waals surface area contributed by atoms with E-state index < -0.39 is 18.2 Å². The first-order valence-electron chi connectivity index (χ1n) is 9.20. The average molecular weight is 423 g/mol. The number of benzene rings is 1. The molecule has 0 fully saturated rings. The number of halogens is 1. The van der Waals surface area contributed by atoms with Crippen LogP contribution in [0.3, 0.4) is 0 Å². The highest BCUT2D eigenvalue weighted by molar-refractivity contribution is 6.30. The summed E-state index contributed by atoms with van der Waals surface area (Å²) >= 11 is 5.84. The van der Waals surface area contributed by atoms with Crippen molar-refractivity contribution < 1.29 is 29.2 Å². The van der Waals surface area contributed by atoms with Crippen LogP contribution in [-0.4, -0.2) is 59.2 Å². The summed E-state index contributed by atoms with van der Waals surface area (Å²) in [5, 5.41) is 22.8. The van der Waals surface area contributed by atoms with Gasteiger partial charge in [-0.25, -0.2) is 4.79 Å². The number of hydrogen-bond acceptors (Lipinski definition) is 7. The van der Waals surface area contributed by atoms with Crippen LogP contribution in [-0.2, 0) is 11.2 Å². The number of carboxylic acids is 1. The molecule has 3 atom stereocenters. The summed E-state index contributed by atoms with van der Waals surface area (Å²) in [6.45, 7) is 2.47. The monoisotopic (exact) mass is 422 g/mol. The highest BCUT2D eigenvalue weighted by atomic mass is 35.5. The fourth-order valence-corrected chi connectivity index (χ4v) is 3.01. The van der Waals surface area contributed by atoms with Crippen LogP contribution in [0.25, 0.3) is 0 Å². The number of aliphatic hydroxyl groups is 1. The van der Waals surface area contributed by atoms with Crippen LogP contribution in [0.4, 0.5) is 0 Å². The second-order valence-electron chi connectivity index (χ2n) is 6.85. The molecular formula is C20H23ClN2O6. The third-order valence-electron chi connectivity index (χ3n) is 4.31. The van der Waals surface area contributed by atoms with E-state index in [1.54, 1.807) is 12.1 Å². The summed E-state index contributed by atoms with van der Waals surface area (Å²) in [7, 11) is 0. The Balaban J connectivity index is 1.43. The Kier molecular flexibility index (Phi) is 7.13. The molecule has 8 nitrogen and oxygen atoms in total. The van der Waals surface area contributed by atoms with E-state index in [9.17, 15) is 9.90 Å². The number of rotatable bonds is 9. The number of aromatic nitrogens is 1. The fraction of sp³-hybridized carbons (Fsp3) is 0.400. The summed E-state index contributed by atoms with van der Waals surface area (Å²) in [5.41, 5.74) is 1.01. The first-order chi connectivity index (χ1) is 13.9. The van der Waals surface area contributed by atoms with Crippen LogP contribution in [0.15, 0.2) is 36.7 Å². The highest BCUT2D eigenvalue weighted by Crippen LogP contribution is 2.33. The number of pyridine rings is 1. The molecule has 0 aliphatic carbocycles. The lowest BCUT2D eigenvalue weighted by Crippen LogP contribution is -2.37. The second kappa shape index (κ2) is 9.78. The van der Waals surface area contributed by atoms with E-state index in [-0.39, 0.29) is 19.3 Å². The van der Waals surface area contributed by atoms with Gasteiger partial charge >= 0.3 is 5.97 Å². The number of aliphatic carboxylic acids is 1. The third-order valence-corrected chi connectivity index (χ3v) is 4.52. The van der Waals surface area contributed by atoms with Crippen LogP contribution in [0, 0.1) is 0 Å². The molecule has 1 aliphatic heterocycles. The number of nitrogens with zero attached hydrogens (tertiary/aromatic N) is 1. The van der Waals surface area contributed by atoms with E-state index in [0.29, 0.717) is 35.2 Å². The molecule has 29 heavy (non-hydrogen) atoms. The van der Waals surface area contributed by atoms with Crippen molar-refractivity contribution in [3.05, 3.63) is 47.2 Å². The summed E-state index contributed by atoms with van der Waals surface area (Å²) in [4.78, 5) is 14.9. The van der Waals surface area contributed by atoms with Gasteiger partial charge in [0.15, 0.2) is 11.5 Å². The van der Waals surface area contributed by atoms with Crippen LogP contribution >= 0.6 is 11.6 Å². The van der Waals surface area contributed by atoms with Crippen molar-refractivity contribution in [2.75, 3.05) is 19.8 Å². The molecule has 156 valence electrons. The number of carboxylic acid groups (broad SMARTS) is 1. The van der Waals surface area contributed by atoms with Crippen LogP contribution < -0.4 is 19.5 Å². The molecule has 0 saturated carbocycles. The van der Waals surface area contributed by atoms with Gasteiger partial charge in [0.1, 0.15) is 25.1 Å². The third kappa shape index (κ3) is 6.22. The Bertz CT molecular complexity index is 849. The van der Waals surface area contributed by atoms with Crippen LogP contribution in [0.1, 0.15) is 12.5 Å². The fourth-order valence-electron chi connectivity index (χ4n) is 2.85. The molecule has 2 aromatic rings. The Hall–Kier alpha value is -2.55. The van der Waals surface area contributed by atoms with Crippen LogP contribution in [0.2, 0.25) is 5.02 Å². The van der Waals surface area contributed by atoms with Gasteiger partial charge in [0.25, 0.3) is 0 Å². The molecule has 9 heteroatoms. The minimum atomic E-state index is -1.05. The van der Waals surface area contributed by atoms with Crippen molar-refractivity contribution in [3.63, 3.8) is 0 Å². The van der Waals surface area contributed by atoms with E-state index in [0.717, 1.165) is 5.56 Å². The van der Waals surface area contributed by atoms with Gasteiger partial charge in [0.05, 0.1) is 11.2 Å². The van der Waals surface area contributed by atoms with E-state index in [2.05, 4.69) is 10.3 Å². The second-order valence-corrected chi connectivity index (χ2v) is 7.29. The zero-order valence-corrected chi connectivity index (χ0v) is 16.6. The predicted octanol–water partition coefficient (Wildman–Crippen LogP) is 1.92. The molecule has 3 rings (SSSR count). The maximum Gasteiger partial charge on any atom is 0.348 e. The number of carbonyl (C=O) groups is 1. The molecule has 0 amide bonds. The quantitative estimate of drug-likeness (QED) is 0.562. The minimum Gasteiger partial charge on any atom is -0.489 e. The van der Waals surface area contributed by atoms with Gasteiger partial charge in [0.2, 0.25) is 6.10 Å². The van der Waals surface area contributed by atoms with Crippen molar-refractivity contribution >= 4 is 17.6 Å². The van der Waals surface area contributed by atoms with Gasteiger partial charge in [-0.3, -0.25) is 4.98 Å². The van der Waals surface area contributed by atoms with Crippen molar-refractivity contribution in [3.8, 4) is 17.2 Å². The standard InChI is InChI=1S/C20H23ClN2O6/c1-12(23-8-15(24)10-27-16-6-14(21)7-22-9-16)4-13-2-3-17-18(5-13)28-11-19(29-17)20(25)26/h2-3,5-7,9,12,15,19,23-24H,4,8,10-11H2,1H3,(H,25,26)/t12-,15+,19-/m1/s1. The van der Waals surface area contributed by atoms with Gasteiger partial charge in [-0.2, -0.15) is 0 Å². The molecule has 2 heterocycles. The minimum absolute atomic E-state index is 0.0199. The molecule has 1 aromatic carbocycles. The lowest BCUT2D eigenvalue weighted by molar-refractivity contribution is -0.147. The molecule has 0 radical (unpaired) electrons. The van der Waals surface area contributed by atoms with Gasteiger partial charge in [0, 0.05) is 24.8 Å². The zero-order chi connectivity index (χ0) is 20.8.